The van der Waals surface area contributed by atoms with Gasteiger partial charge in [-0.25, -0.2) is 9.59 Å². The first-order chi connectivity index (χ1) is 20.4. The highest BCUT2D eigenvalue weighted by Gasteiger charge is 2.30. The van der Waals surface area contributed by atoms with Gasteiger partial charge < -0.3 is 19.5 Å². The molecule has 0 saturated carbocycles. The van der Waals surface area contributed by atoms with Crippen LogP contribution in [-0.4, -0.2) is 63.8 Å². The van der Waals surface area contributed by atoms with Gasteiger partial charge in [0.2, 0.25) is 0 Å². The normalized spacial score (nSPS) is 13.0. The third-order valence-corrected chi connectivity index (χ3v) is 8.41. The molecular formula is C29H38ClN5O7S2. The fourth-order valence-corrected chi connectivity index (χ4v) is 5.21. The lowest BCUT2D eigenvalue weighted by molar-refractivity contribution is 0.121. The average molecular weight is 668 g/mol. The van der Waals surface area contributed by atoms with E-state index >= 15 is 0 Å². The molecule has 3 rings (SSSR count). The number of amidine groups is 1. The first kappa shape index (κ1) is 36.8. The number of carbonyl (C=O) groups excluding carboxylic acids is 1. The number of rotatable bonds is 15. The van der Waals surface area contributed by atoms with Gasteiger partial charge in [-0.1, -0.05) is 23.8 Å². The molecule has 0 atom stereocenters. The van der Waals surface area contributed by atoms with E-state index in [1.807, 2.05) is 69.9 Å². The summed E-state index contributed by atoms with van der Waals surface area (Å²) in [6, 6.07) is 13.0. The summed E-state index contributed by atoms with van der Waals surface area (Å²) in [6.07, 6.45) is -0.644. The second-order valence-electron chi connectivity index (χ2n) is 11.2. The van der Waals surface area contributed by atoms with Crippen molar-refractivity contribution in [1.29, 1.82) is 0 Å². The van der Waals surface area contributed by atoms with E-state index in [0.717, 1.165) is 35.1 Å². The van der Waals surface area contributed by atoms with Crippen molar-refractivity contribution in [2.75, 3.05) is 31.1 Å². The molecular weight excluding hydrogens is 630 g/mol. The van der Waals surface area contributed by atoms with Crippen LogP contribution in [0.5, 0.6) is 5.75 Å². The molecule has 1 N–H and O–H groups in total. The topological polar surface area (TPSA) is 151 Å². The van der Waals surface area contributed by atoms with Crippen LogP contribution in [0.15, 0.2) is 56.6 Å². The molecule has 0 saturated heterocycles. The fraction of sp³-hybridized carbons (Fsp3) is 0.483. The minimum atomic E-state index is -1.44. The summed E-state index contributed by atoms with van der Waals surface area (Å²) in [4.78, 5) is 54.4. The van der Waals surface area contributed by atoms with Crippen molar-refractivity contribution in [3.63, 3.8) is 0 Å². The summed E-state index contributed by atoms with van der Waals surface area (Å²) in [6.45, 7) is 10.5. The molecule has 240 valence electrons. The zero-order valence-electron chi connectivity index (χ0n) is 25.3. The average Bonchev–Trinajstić information content (AvgIpc) is 3.39. The maximum atomic E-state index is 13.1. The van der Waals surface area contributed by atoms with Crippen LogP contribution >= 0.6 is 36.3 Å². The van der Waals surface area contributed by atoms with Gasteiger partial charge in [0.25, 0.3) is 0 Å². The minimum absolute atomic E-state index is 0. The molecule has 44 heavy (non-hydrogen) atoms. The van der Waals surface area contributed by atoms with Crippen molar-refractivity contribution < 1.29 is 24.2 Å². The Morgan fingerprint density at radius 2 is 1.66 bits per heavy atom. The van der Waals surface area contributed by atoms with Crippen LogP contribution in [-0.2, 0) is 11.2 Å². The van der Waals surface area contributed by atoms with Crippen LogP contribution < -0.4 is 9.64 Å². The minimum Gasteiger partial charge on any atom is -0.449 e. The third kappa shape index (κ3) is 10.7. The van der Waals surface area contributed by atoms with Gasteiger partial charge in [0.05, 0.1) is 26.2 Å². The Balaban J connectivity index is 0.00000675. The Kier molecular flexibility index (Phi) is 13.9. The largest absolute Gasteiger partial charge is 0.511 e. The van der Waals surface area contributed by atoms with Crippen molar-refractivity contribution in [2.24, 2.45) is 14.2 Å². The highest BCUT2D eigenvalue weighted by Crippen LogP contribution is 2.39. The molecule has 0 bridgehead atoms. The Bertz CT molecular complexity index is 1340. The predicted molar refractivity (Wildman–Crippen MR) is 179 cm³/mol. The quantitative estimate of drug-likeness (QED) is 0.0852. The summed E-state index contributed by atoms with van der Waals surface area (Å²) < 4.78 is 15.6. The maximum Gasteiger partial charge on any atom is 0.511 e. The molecule has 0 aliphatic carbocycles. The molecule has 0 fully saturated rings. The van der Waals surface area contributed by atoms with E-state index in [0.29, 0.717) is 49.4 Å². The number of aliphatic imine (C=N–C) groups is 1. The van der Waals surface area contributed by atoms with Crippen LogP contribution in [0, 0.1) is 16.7 Å². The molecule has 1 aliphatic heterocycles. The highest BCUT2D eigenvalue weighted by molar-refractivity contribution is 7.99. The molecule has 0 radical (unpaired) electrons. The van der Waals surface area contributed by atoms with Crippen molar-refractivity contribution in [3.05, 3.63) is 63.4 Å². The van der Waals surface area contributed by atoms with Crippen molar-refractivity contribution in [1.82, 2.24) is 4.90 Å². The van der Waals surface area contributed by atoms with E-state index in [9.17, 15) is 24.5 Å². The number of hydrogen-bond acceptors (Lipinski definition) is 12. The van der Waals surface area contributed by atoms with Crippen LogP contribution in [0.2, 0.25) is 0 Å². The number of carboxylic acid groups (broad SMARTS) is 1. The van der Waals surface area contributed by atoms with Crippen molar-refractivity contribution in [3.8, 4) is 5.75 Å². The third-order valence-electron chi connectivity index (χ3n) is 6.87. The van der Waals surface area contributed by atoms with E-state index in [2.05, 4.69) is 14.2 Å². The van der Waals surface area contributed by atoms with Gasteiger partial charge in [-0.2, -0.15) is 0 Å². The molecule has 1 aliphatic rings. The Hall–Kier alpha value is -3.36. The number of halogens is 1. The van der Waals surface area contributed by atoms with Crippen molar-refractivity contribution in [2.45, 2.75) is 63.4 Å². The molecule has 1 amide bonds. The summed E-state index contributed by atoms with van der Waals surface area (Å²) in [5.74, 6) is 0.669. The Morgan fingerprint density at radius 1 is 1.02 bits per heavy atom. The molecule has 12 nitrogen and oxygen atoms in total. The van der Waals surface area contributed by atoms with Crippen molar-refractivity contribution >= 4 is 65.8 Å². The van der Waals surface area contributed by atoms with Gasteiger partial charge in [-0.15, -0.1) is 22.2 Å². The molecule has 15 heteroatoms. The highest BCUT2D eigenvalue weighted by atomic mass is 35.5. The van der Waals surface area contributed by atoms with Crippen LogP contribution in [0.3, 0.4) is 0 Å². The monoisotopic (exact) mass is 667 g/mol. The number of aryl methyl sites for hydroxylation is 1. The number of amides is 1. The number of nitroso groups, excluding NO2 is 2. The number of ether oxygens (including phenoxy) is 2. The molecule has 2 aromatic carbocycles. The Morgan fingerprint density at radius 3 is 2.27 bits per heavy atom. The number of carbonyl (C=O) groups is 2. The van der Waals surface area contributed by atoms with E-state index < -0.39 is 21.7 Å². The van der Waals surface area contributed by atoms with Gasteiger partial charge >= 0.3 is 12.2 Å². The first-order valence-corrected chi connectivity index (χ1v) is 15.3. The summed E-state index contributed by atoms with van der Waals surface area (Å²) in [7, 11) is 0. The van der Waals surface area contributed by atoms with Gasteiger partial charge in [-0.3, -0.25) is 9.89 Å². The van der Waals surface area contributed by atoms with Crippen LogP contribution in [0.4, 0.5) is 21.0 Å². The lowest BCUT2D eigenvalue weighted by atomic mass is 9.98. The van der Waals surface area contributed by atoms with E-state index in [-0.39, 0.29) is 31.3 Å². The van der Waals surface area contributed by atoms with Gasteiger partial charge in [0, 0.05) is 59.5 Å². The smallest absolute Gasteiger partial charge is 0.449 e. The fourth-order valence-electron chi connectivity index (χ4n) is 4.44. The number of benzene rings is 2. The van der Waals surface area contributed by atoms with Gasteiger partial charge in [0.15, 0.2) is 0 Å². The van der Waals surface area contributed by atoms with Gasteiger partial charge in [-0.05, 0) is 78.1 Å². The first-order valence-electron chi connectivity index (χ1n) is 13.7. The molecule has 0 aromatic heterocycles. The molecule has 2 aromatic rings. The second-order valence-corrected chi connectivity index (χ2v) is 14.1. The number of hydrogen-bond donors (Lipinski definition) is 1. The van der Waals surface area contributed by atoms with E-state index in [4.69, 9.17) is 9.47 Å². The molecule has 0 spiro atoms. The summed E-state index contributed by atoms with van der Waals surface area (Å²) >= 11 is 1.83. The standard InChI is InChI=1S/C29H37N5O7S2.ClH/c1-20-9-11-21(12-10-20)34(19-25-30-16-17-33(25)26(35)40-18-15-29(4,5)43-32-39)23-7-6-8-24(41-27(36)37)22(23)13-14-28(2,3)42-31-38;/h6-12H,13-19H2,1-5H3,(H,36,37);1H. The number of anilines is 2. The summed E-state index contributed by atoms with van der Waals surface area (Å²) in [5, 5.41) is 9.46. The van der Waals surface area contributed by atoms with E-state index in [1.165, 1.54) is 4.90 Å². The predicted octanol–water partition coefficient (Wildman–Crippen LogP) is 8.17. The summed E-state index contributed by atoms with van der Waals surface area (Å²) in [5.41, 5.74) is 3.15. The van der Waals surface area contributed by atoms with Crippen LogP contribution in [0.25, 0.3) is 0 Å². The zero-order valence-corrected chi connectivity index (χ0v) is 27.8. The molecule has 0 unspecified atom stereocenters. The zero-order chi connectivity index (χ0) is 31.6. The lowest BCUT2D eigenvalue weighted by Gasteiger charge is -2.31. The SMILES string of the molecule is Cc1ccc(N(CC2=NCCN2C(=O)OCCC(C)(C)SN=O)c2cccc(OC(=O)O)c2CCC(C)(C)SN=O)cc1.Cl. The van der Waals surface area contributed by atoms with Crippen LogP contribution in [0.1, 0.15) is 51.7 Å². The maximum absolute atomic E-state index is 13.1. The van der Waals surface area contributed by atoms with E-state index in [1.54, 1.807) is 12.1 Å². The Labute approximate surface area is 272 Å². The second kappa shape index (κ2) is 16.6. The molecule has 1 heterocycles. The number of nitrogens with zero attached hydrogens (tertiary/aromatic N) is 5. The lowest BCUT2D eigenvalue weighted by Crippen LogP contribution is -2.41. The van der Waals surface area contributed by atoms with Gasteiger partial charge in [0.1, 0.15) is 11.6 Å².